The van der Waals surface area contributed by atoms with E-state index in [1.165, 1.54) is 34.3 Å². The number of benzene rings is 1. The maximum atomic E-state index is 12.9. The number of nitrogens with one attached hydrogen (secondary N) is 1. The third-order valence-electron chi connectivity index (χ3n) is 4.80. The standard InChI is InChI=1S/C21H21N3O3S2/c1-3-27-21(26)17-14-8-6-10-16(14)29-20(17)24-18(25)12(2)28-19-13-7-4-5-9-15(13)22-11-23-19/h4-5,7,9,11-12H,3,6,8,10H2,1-2H3,(H,24,25). The summed E-state index contributed by atoms with van der Waals surface area (Å²) >= 11 is 2.87. The Morgan fingerprint density at radius 2 is 2.10 bits per heavy atom. The quantitative estimate of drug-likeness (QED) is 0.355. The summed E-state index contributed by atoms with van der Waals surface area (Å²) in [6.45, 7) is 3.93. The van der Waals surface area contributed by atoms with Crippen LogP contribution >= 0.6 is 23.1 Å². The predicted molar refractivity (Wildman–Crippen MR) is 116 cm³/mol. The van der Waals surface area contributed by atoms with Gasteiger partial charge in [-0.25, -0.2) is 14.8 Å². The first kappa shape index (κ1) is 19.8. The van der Waals surface area contributed by atoms with Crippen LogP contribution in [0.15, 0.2) is 35.6 Å². The van der Waals surface area contributed by atoms with Gasteiger partial charge in [0.05, 0.1) is 22.9 Å². The van der Waals surface area contributed by atoms with Crippen molar-refractivity contribution >= 4 is 50.9 Å². The SMILES string of the molecule is CCOC(=O)c1c(NC(=O)C(C)Sc2ncnc3ccccc23)sc2c1CCC2. The lowest BCUT2D eigenvalue weighted by Gasteiger charge is -2.13. The van der Waals surface area contributed by atoms with Gasteiger partial charge >= 0.3 is 5.97 Å². The number of rotatable bonds is 6. The maximum Gasteiger partial charge on any atom is 0.341 e. The molecular weight excluding hydrogens is 406 g/mol. The predicted octanol–water partition coefficient (Wildman–Crippen LogP) is 4.48. The van der Waals surface area contributed by atoms with E-state index in [2.05, 4.69) is 15.3 Å². The van der Waals surface area contributed by atoms with E-state index in [4.69, 9.17) is 4.74 Å². The second-order valence-corrected chi connectivity index (χ2v) is 9.16. The number of anilines is 1. The van der Waals surface area contributed by atoms with Gasteiger partial charge in [0.1, 0.15) is 16.4 Å². The maximum absolute atomic E-state index is 12.9. The molecule has 2 aromatic heterocycles. The van der Waals surface area contributed by atoms with Gasteiger partial charge in [-0.05, 0) is 44.7 Å². The molecule has 1 aliphatic rings. The van der Waals surface area contributed by atoms with E-state index in [1.54, 1.807) is 6.92 Å². The zero-order chi connectivity index (χ0) is 20.4. The minimum Gasteiger partial charge on any atom is -0.462 e. The van der Waals surface area contributed by atoms with Gasteiger partial charge in [-0.3, -0.25) is 4.79 Å². The summed E-state index contributed by atoms with van der Waals surface area (Å²) in [5.41, 5.74) is 2.41. The number of aryl methyl sites for hydroxylation is 1. The van der Waals surface area contributed by atoms with Crippen molar-refractivity contribution in [1.82, 2.24) is 9.97 Å². The number of thiophene rings is 1. The Bertz CT molecular complexity index is 1070. The largest absolute Gasteiger partial charge is 0.462 e. The number of nitrogens with zero attached hydrogens (tertiary/aromatic N) is 2. The van der Waals surface area contributed by atoms with Gasteiger partial charge in [0, 0.05) is 10.3 Å². The van der Waals surface area contributed by atoms with Crippen molar-refractivity contribution in [3.05, 3.63) is 46.6 Å². The zero-order valence-corrected chi connectivity index (χ0v) is 17.9. The van der Waals surface area contributed by atoms with Crippen LogP contribution in [-0.4, -0.2) is 33.7 Å². The Labute approximate surface area is 177 Å². The lowest BCUT2D eigenvalue weighted by molar-refractivity contribution is -0.115. The fraction of sp³-hybridized carbons (Fsp3) is 0.333. The van der Waals surface area contributed by atoms with Gasteiger partial charge in [0.15, 0.2) is 0 Å². The molecule has 1 unspecified atom stereocenters. The fourth-order valence-electron chi connectivity index (χ4n) is 3.42. The Balaban J connectivity index is 1.54. The molecule has 1 aliphatic carbocycles. The van der Waals surface area contributed by atoms with Crippen LogP contribution in [0.3, 0.4) is 0 Å². The van der Waals surface area contributed by atoms with E-state index in [0.717, 1.165) is 40.8 Å². The second-order valence-electron chi connectivity index (χ2n) is 6.73. The first-order valence-corrected chi connectivity index (χ1v) is 11.3. The molecule has 8 heteroatoms. The number of hydrogen-bond acceptors (Lipinski definition) is 7. The van der Waals surface area contributed by atoms with E-state index in [9.17, 15) is 9.59 Å². The van der Waals surface area contributed by atoms with Gasteiger partial charge < -0.3 is 10.1 Å². The highest BCUT2D eigenvalue weighted by Crippen LogP contribution is 2.40. The minimum atomic E-state index is -0.389. The number of hydrogen-bond donors (Lipinski definition) is 1. The first-order chi connectivity index (χ1) is 14.1. The van der Waals surface area contributed by atoms with Crippen LogP contribution in [0.1, 0.15) is 41.1 Å². The topological polar surface area (TPSA) is 81.2 Å². The smallest absolute Gasteiger partial charge is 0.341 e. The molecule has 0 aliphatic heterocycles. The Morgan fingerprint density at radius 3 is 2.93 bits per heavy atom. The van der Waals surface area contributed by atoms with Crippen LogP contribution in [0, 0.1) is 0 Å². The van der Waals surface area contributed by atoms with E-state index < -0.39 is 0 Å². The third-order valence-corrected chi connectivity index (χ3v) is 7.12. The molecule has 6 nitrogen and oxygen atoms in total. The van der Waals surface area contributed by atoms with Gasteiger partial charge in [-0.15, -0.1) is 11.3 Å². The molecule has 2 heterocycles. The van der Waals surface area contributed by atoms with E-state index in [1.807, 2.05) is 31.2 Å². The van der Waals surface area contributed by atoms with E-state index in [0.29, 0.717) is 17.2 Å². The first-order valence-electron chi connectivity index (χ1n) is 9.57. The fourth-order valence-corrected chi connectivity index (χ4v) is 5.61. The molecular formula is C21H21N3O3S2. The average molecular weight is 428 g/mol. The molecule has 0 radical (unpaired) electrons. The molecule has 4 rings (SSSR count). The Hall–Kier alpha value is -2.45. The van der Waals surface area contributed by atoms with Crippen molar-refractivity contribution in [3.63, 3.8) is 0 Å². The molecule has 0 bridgehead atoms. The third kappa shape index (κ3) is 4.00. The van der Waals surface area contributed by atoms with Crippen molar-refractivity contribution < 1.29 is 14.3 Å². The van der Waals surface area contributed by atoms with Gasteiger partial charge in [-0.2, -0.15) is 0 Å². The van der Waals surface area contributed by atoms with Crippen LogP contribution in [0.25, 0.3) is 10.9 Å². The number of carbonyl (C=O) groups is 2. The van der Waals surface area contributed by atoms with Gasteiger partial charge in [-0.1, -0.05) is 30.0 Å². The Morgan fingerprint density at radius 1 is 1.28 bits per heavy atom. The van der Waals surface area contributed by atoms with Crippen molar-refractivity contribution in [2.45, 2.75) is 43.4 Å². The number of ether oxygens (including phenoxy) is 1. The molecule has 3 aromatic rings. The van der Waals surface area contributed by atoms with Crippen LogP contribution in [0.4, 0.5) is 5.00 Å². The molecule has 1 amide bonds. The number of amides is 1. The minimum absolute atomic E-state index is 0.164. The van der Waals surface area contributed by atoms with Gasteiger partial charge in [0.25, 0.3) is 0 Å². The Kier molecular flexibility index (Phi) is 5.82. The highest BCUT2D eigenvalue weighted by atomic mass is 32.2. The lowest BCUT2D eigenvalue weighted by atomic mass is 10.1. The van der Waals surface area contributed by atoms with Crippen LogP contribution in [-0.2, 0) is 22.4 Å². The average Bonchev–Trinajstić information content (AvgIpc) is 3.29. The van der Waals surface area contributed by atoms with Crippen molar-refractivity contribution in [2.24, 2.45) is 0 Å². The molecule has 0 spiro atoms. The lowest BCUT2D eigenvalue weighted by Crippen LogP contribution is -2.23. The van der Waals surface area contributed by atoms with Crippen molar-refractivity contribution in [1.29, 1.82) is 0 Å². The molecule has 1 aromatic carbocycles. The molecule has 0 saturated heterocycles. The summed E-state index contributed by atoms with van der Waals surface area (Å²) in [6, 6.07) is 7.72. The summed E-state index contributed by atoms with van der Waals surface area (Å²) in [4.78, 5) is 35.2. The van der Waals surface area contributed by atoms with Crippen molar-refractivity contribution in [2.75, 3.05) is 11.9 Å². The number of thioether (sulfide) groups is 1. The summed E-state index contributed by atoms with van der Waals surface area (Å²) in [5.74, 6) is -0.521. The summed E-state index contributed by atoms with van der Waals surface area (Å²) in [7, 11) is 0. The number of esters is 1. The number of carbonyl (C=O) groups excluding carboxylic acids is 2. The molecule has 1 atom stereocenters. The summed E-state index contributed by atoms with van der Waals surface area (Å²) < 4.78 is 5.23. The highest BCUT2D eigenvalue weighted by Gasteiger charge is 2.29. The van der Waals surface area contributed by atoms with Crippen LogP contribution in [0.2, 0.25) is 0 Å². The van der Waals surface area contributed by atoms with Crippen molar-refractivity contribution in [3.8, 4) is 0 Å². The molecule has 29 heavy (non-hydrogen) atoms. The second kappa shape index (κ2) is 8.51. The van der Waals surface area contributed by atoms with E-state index >= 15 is 0 Å². The molecule has 1 N–H and O–H groups in total. The summed E-state index contributed by atoms with van der Waals surface area (Å²) in [5, 5.41) is 4.85. The van der Waals surface area contributed by atoms with Crippen LogP contribution < -0.4 is 5.32 Å². The van der Waals surface area contributed by atoms with E-state index in [-0.39, 0.29) is 17.1 Å². The number of para-hydroxylation sites is 1. The molecule has 150 valence electrons. The monoisotopic (exact) mass is 427 g/mol. The number of aromatic nitrogens is 2. The number of fused-ring (bicyclic) bond motifs is 2. The zero-order valence-electron chi connectivity index (χ0n) is 16.2. The molecule has 0 fully saturated rings. The molecule has 0 saturated carbocycles. The van der Waals surface area contributed by atoms with Gasteiger partial charge in [0.2, 0.25) is 5.91 Å². The van der Waals surface area contributed by atoms with Crippen LogP contribution in [0.5, 0.6) is 0 Å². The normalized spacial score (nSPS) is 13.9. The summed E-state index contributed by atoms with van der Waals surface area (Å²) in [6.07, 6.45) is 4.35. The highest BCUT2D eigenvalue weighted by molar-refractivity contribution is 8.00.